The van der Waals surface area contributed by atoms with Gasteiger partial charge in [0.2, 0.25) is 0 Å². The van der Waals surface area contributed by atoms with E-state index in [1.54, 1.807) is 0 Å². The second-order valence-electron chi connectivity index (χ2n) is 3.97. The molecular formula is C12H9ClF3N3O2. The van der Waals surface area contributed by atoms with Gasteiger partial charge in [0.1, 0.15) is 0 Å². The first-order valence-corrected chi connectivity index (χ1v) is 5.96. The Labute approximate surface area is 121 Å². The molecule has 1 heterocycles. The first-order chi connectivity index (χ1) is 9.81. The van der Waals surface area contributed by atoms with Crippen molar-refractivity contribution in [1.82, 2.24) is 10.2 Å². The number of H-pyrrole nitrogens is 1. The molecule has 0 amide bonds. The van der Waals surface area contributed by atoms with Crippen molar-refractivity contribution in [2.45, 2.75) is 6.18 Å². The Morgan fingerprint density at radius 2 is 2.05 bits per heavy atom. The second-order valence-corrected chi connectivity index (χ2v) is 4.37. The van der Waals surface area contributed by atoms with Crippen LogP contribution in [-0.4, -0.2) is 17.3 Å². The van der Waals surface area contributed by atoms with Crippen molar-refractivity contribution in [1.29, 1.82) is 0 Å². The van der Waals surface area contributed by atoms with Gasteiger partial charge in [0.25, 0.3) is 5.56 Å². The maximum Gasteiger partial charge on any atom is 0.417 e. The average Bonchev–Trinajstić information content (AvgIpc) is 2.41. The van der Waals surface area contributed by atoms with Crippen molar-refractivity contribution in [3.05, 3.63) is 45.2 Å². The molecule has 0 bridgehead atoms. The number of nitrogens with zero attached hydrogens (tertiary/aromatic N) is 1. The molecule has 0 saturated carbocycles. The summed E-state index contributed by atoms with van der Waals surface area (Å²) in [5.41, 5.74) is -1.37. The molecule has 0 spiro atoms. The topological polar surface area (TPSA) is 67.0 Å². The van der Waals surface area contributed by atoms with Gasteiger partial charge >= 0.3 is 6.18 Å². The number of alkyl halides is 3. The Morgan fingerprint density at radius 3 is 2.67 bits per heavy atom. The highest BCUT2D eigenvalue weighted by Crippen LogP contribution is 2.37. The van der Waals surface area contributed by atoms with Crippen LogP contribution in [0.3, 0.4) is 0 Å². The number of hydrogen-bond donors (Lipinski definition) is 2. The van der Waals surface area contributed by atoms with Crippen molar-refractivity contribution in [2.24, 2.45) is 0 Å². The smallest absolute Gasteiger partial charge is 0.417 e. The number of nitrogens with one attached hydrogen (secondary N) is 2. The van der Waals surface area contributed by atoms with Gasteiger partial charge in [0, 0.05) is 5.69 Å². The van der Waals surface area contributed by atoms with Crippen molar-refractivity contribution in [3.8, 4) is 5.75 Å². The zero-order valence-corrected chi connectivity index (χ0v) is 11.3. The normalized spacial score (nSPS) is 11.3. The molecule has 2 aromatic rings. The van der Waals surface area contributed by atoms with Crippen molar-refractivity contribution < 1.29 is 17.9 Å². The summed E-state index contributed by atoms with van der Waals surface area (Å²) < 4.78 is 43.2. The summed E-state index contributed by atoms with van der Waals surface area (Å²) >= 11 is 5.53. The summed E-state index contributed by atoms with van der Waals surface area (Å²) in [7, 11) is 1.31. The third-order valence-electron chi connectivity index (χ3n) is 2.53. The first kappa shape index (κ1) is 15.2. The lowest BCUT2D eigenvalue weighted by Gasteiger charge is -2.13. The SMILES string of the molecule is COc1cc(=O)[nH]nc1Nc1ccc(Cl)c(C(F)(F)F)c1. The van der Waals surface area contributed by atoms with Crippen LogP contribution in [0.2, 0.25) is 5.02 Å². The van der Waals surface area contributed by atoms with Crippen molar-refractivity contribution in [3.63, 3.8) is 0 Å². The zero-order valence-electron chi connectivity index (χ0n) is 10.6. The van der Waals surface area contributed by atoms with E-state index >= 15 is 0 Å². The van der Waals surface area contributed by atoms with Gasteiger partial charge in [-0.1, -0.05) is 11.6 Å². The monoisotopic (exact) mass is 319 g/mol. The van der Waals surface area contributed by atoms with Crippen LogP contribution in [0.5, 0.6) is 5.75 Å². The number of anilines is 2. The van der Waals surface area contributed by atoms with Crippen LogP contribution in [0.25, 0.3) is 0 Å². The third-order valence-corrected chi connectivity index (χ3v) is 2.86. The summed E-state index contributed by atoms with van der Waals surface area (Å²) in [4.78, 5) is 11.1. The van der Waals surface area contributed by atoms with Gasteiger partial charge in [-0.2, -0.15) is 18.3 Å². The van der Waals surface area contributed by atoms with Gasteiger partial charge in [0.15, 0.2) is 11.6 Å². The molecule has 0 unspecified atom stereocenters. The van der Waals surface area contributed by atoms with E-state index in [9.17, 15) is 18.0 Å². The lowest BCUT2D eigenvalue weighted by molar-refractivity contribution is -0.137. The number of aromatic amines is 1. The number of rotatable bonds is 3. The number of halogens is 4. The van der Waals surface area contributed by atoms with Crippen molar-refractivity contribution >= 4 is 23.1 Å². The minimum absolute atomic E-state index is 0.0764. The van der Waals surface area contributed by atoms with Gasteiger partial charge in [-0.05, 0) is 18.2 Å². The average molecular weight is 320 g/mol. The fraction of sp³-hybridized carbons (Fsp3) is 0.167. The van der Waals surface area contributed by atoms with Crippen LogP contribution in [0.1, 0.15) is 5.56 Å². The number of hydrogen-bond acceptors (Lipinski definition) is 4. The molecule has 2 N–H and O–H groups in total. The molecular weight excluding hydrogens is 311 g/mol. The van der Waals surface area contributed by atoms with Crippen LogP contribution in [0.15, 0.2) is 29.1 Å². The Hall–Kier alpha value is -2.22. The van der Waals surface area contributed by atoms with E-state index in [1.165, 1.54) is 13.2 Å². The predicted octanol–water partition coefficient (Wildman–Crippen LogP) is 3.19. The molecule has 0 saturated heterocycles. The van der Waals surface area contributed by atoms with E-state index in [-0.39, 0.29) is 17.3 Å². The molecule has 0 fully saturated rings. The lowest BCUT2D eigenvalue weighted by atomic mass is 10.2. The maximum absolute atomic E-state index is 12.8. The molecule has 21 heavy (non-hydrogen) atoms. The van der Waals surface area contributed by atoms with Gasteiger partial charge in [-0.3, -0.25) is 4.79 Å². The van der Waals surface area contributed by atoms with Crippen LogP contribution in [0.4, 0.5) is 24.7 Å². The molecule has 0 radical (unpaired) electrons. The Bertz CT molecular complexity index is 716. The fourth-order valence-corrected chi connectivity index (χ4v) is 1.81. The number of methoxy groups -OCH3 is 1. The number of ether oxygens (including phenoxy) is 1. The summed E-state index contributed by atoms with van der Waals surface area (Å²) in [5, 5.41) is 8.04. The largest absolute Gasteiger partial charge is 0.493 e. The highest BCUT2D eigenvalue weighted by Gasteiger charge is 2.33. The van der Waals surface area contributed by atoms with Gasteiger partial charge in [-0.15, -0.1) is 0 Å². The molecule has 1 aromatic heterocycles. The Morgan fingerprint density at radius 1 is 1.33 bits per heavy atom. The fourth-order valence-electron chi connectivity index (χ4n) is 1.59. The van der Waals surface area contributed by atoms with E-state index in [0.717, 1.165) is 18.2 Å². The van der Waals surface area contributed by atoms with Gasteiger partial charge in [0.05, 0.1) is 23.8 Å². The molecule has 0 aliphatic rings. The van der Waals surface area contributed by atoms with Crippen LogP contribution in [-0.2, 0) is 6.18 Å². The molecule has 0 aliphatic carbocycles. The van der Waals surface area contributed by atoms with Crippen molar-refractivity contribution in [2.75, 3.05) is 12.4 Å². The number of aromatic nitrogens is 2. The molecule has 0 atom stereocenters. The van der Waals surface area contributed by atoms with Gasteiger partial charge in [-0.25, -0.2) is 5.10 Å². The highest BCUT2D eigenvalue weighted by molar-refractivity contribution is 6.31. The Kier molecular flexibility index (Phi) is 4.08. The van der Waals surface area contributed by atoms with Crippen LogP contribution < -0.4 is 15.6 Å². The standard InChI is InChI=1S/C12H9ClF3N3O2/c1-21-9-5-10(20)18-19-11(9)17-6-2-3-8(13)7(4-6)12(14,15)16/h2-5H,1H3,(H,17,19)(H,18,20). The van der Waals surface area contributed by atoms with E-state index < -0.39 is 22.3 Å². The predicted molar refractivity (Wildman–Crippen MR) is 71.1 cm³/mol. The third kappa shape index (κ3) is 3.46. The molecule has 2 rings (SSSR count). The van der Waals surface area contributed by atoms with E-state index in [1.807, 2.05) is 0 Å². The van der Waals surface area contributed by atoms with Gasteiger partial charge < -0.3 is 10.1 Å². The minimum Gasteiger partial charge on any atom is -0.493 e. The summed E-state index contributed by atoms with van der Waals surface area (Å²) in [5.74, 6) is 0.176. The summed E-state index contributed by atoms with van der Waals surface area (Å²) in [6.45, 7) is 0. The summed E-state index contributed by atoms with van der Waals surface area (Å²) in [6, 6.07) is 4.43. The van der Waals surface area contributed by atoms with Crippen LogP contribution in [0, 0.1) is 0 Å². The quantitative estimate of drug-likeness (QED) is 0.911. The lowest BCUT2D eigenvalue weighted by Crippen LogP contribution is -2.11. The molecule has 112 valence electrons. The van der Waals surface area contributed by atoms with E-state index in [4.69, 9.17) is 16.3 Å². The molecule has 1 aromatic carbocycles. The summed E-state index contributed by atoms with van der Waals surface area (Å²) in [6.07, 6.45) is -4.57. The highest BCUT2D eigenvalue weighted by atomic mass is 35.5. The van der Waals surface area contributed by atoms with E-state index in [2.05, 4.69) is 15.5 Å². The molecule has 5 nitrogen and oxygen atoms in total. The van der Waals surface area contributed by atoms with Crippen LogP contribution >= 0.6 is 11.6 Å². The maximum atomic E-state index is 12.8. The number of benzene rings is 1. The Balaban J connectivity index is 2.39. The minimum atomic E-state index is -4.57. The zero-order chi connectivity index (χ0) is 15.6. The molecule has 9 heteroatoms. The first-order valence-electron chi connectivity index (χ1n) is 5.59. The second kappa shape index (κ2) is 5.65. The molecule has 0 aliphatic heterocycles. The van der Waals surface area contributed by atoms with E-state index in [0.29, 0.717) is 0 Å².